The van der Waals surface area contributed by atoms with E-state index in [9.17, 15) is 1.37 Å². The van der Waals surface area contributed by atoms with Gasteiger partial charge >= 0.3 is 0 Å². The molecule has 0 bridgehead atoms. The lowest BCUT2D eigenvalue weighted by Gasteiger charge is -2.26. The number of hydrogen-bond acceptors (Lipinski definition) is 2. The predicted octanol–water partition coefficient (Wildman–Crippen LogP) is 12.0. The van der Waals surface area contributed by atoms with Crippen LogP contribution in [0, 0.1) is 0 Å². The molecule has 0 aliphatic heterocycles. The van der Waals surface area contributed by atoms with Gasteiger partial charge < -0.3 is 4.90 Å². The highest BCUT2D eigenvalue weighted by atomic mass is 32.1. The quantitative estimate of drug-likeness (QED) is 0.202. The normalized spacial score (nSPS) is 14.3. The molecule has 0 amide bonds. The third-order valence-electron chi connectivity index (χ3n) is 7.45. The Kier molecular flexibility index (Phi) is 4.17. The molecule has 8 rings (SSSR count). The third kappa shape index (κ3) is 4.25. The fourth-order valence-electron chi connectivity index (χ4n) is 5.52. The van der Waals surface area contributed by atoms with Crippen LogP contribution in [0.3, 0.4) is 0 Å². The van der Waals surface area contributed by atoms with E-state index in [1.54, 1.807) is 18.2 Å². The standard InChI is InChI=1S/C40H27NS/c1-2-14-31(15-3-1)41(32-25-23-29(24-26-32)35-19-9-12-28-11-4-5-17-34(28)35)33-16-8-13-30(27-33)36-20-10-21-38-37-18-6-7-22-39(37)42-40(36)38/h1-27H/i1D,2D,3D,8D,13D,14D,15D,16D,27D. The SMILES string of the molecule is [2H]c1c([2H])c([2H])c(N(c2ccc(-c3cccc4ccccc34)cc2)c2c([2H])c([2H])c([2H])c(-c3cccc4c3sc3ccccc34)c2[2H])c([2H])c1[2H]. The van der Waals surface area contributed by atoms with Crippen LogP contribution in [0.4, 0.5) is 17.1 Å². The van der Waals surface area contributed by atoms with Crippen molar-refractivity contribution in [2.24, 2.45) is 0 Å². The Labute approximate surface area is 262 Å². The largest absolute Gasteiger partial charge is 0.310 e. The maximum absolute atomic E-state index is 9.65. The van der Waals surface area contributed by atoms with Crippen LogP contribution < -0.4 is 4.90 Å². The molecule has 2 heteroatoms. The van der Waals surface area contributed by atoms with Gasteiger partial charge in [-0.15, -0.1) is 11.3 Å². The Morgan fingerprint density at radius 2 is 1.17 bits per heavy atom. The first-order valence-electron chi connectivity index (χ1n) is 18.0. The summed E-state index contributed by atoms with van der Waals surface area (Å²) in [6.07, 6.45) is 0. The topological polar surface area (TPSA) is 3.24 Å². The molecule has 0 unspecified atom stereocenters. The molecule has 8 aromatic rings. The monoisotopic (exact) mass is 562 g/mol. The van der Waals surface area contributed by atoms with E-state index >= 15 is 0 Å². The van der Waals surface area contributed by atoms with E-state index in [0.717, 1.165) is 42.1 Å². The Morgan fingerprint density at radius 3 is 2.05 bits per heavy atom. The predicted molar refractivity (Wildman–Crippen MR) is 182 cm³/mol. The van der Waals surface area contributed by atoms with Gasteiger partial charge in [-0.2, -0.15) is 0 Å². The fraction of sp³-hybridized carbons (Fsp3) is 0. The van der Waals surface area contributed by atoms with E-state index in [2.05, 4.69) is 0 Å². The van der Waals surface area contributed by atoms with Crippen molar-refractivity contribution >= 4 is 59.3 Å². The van der Waals surface area contributed by atoms with Gasteiger partial charge in [-0.25, -0.2) is 0 Å². The van der Waals surface area contributed by atoms with Gasteiger partial charge in [-0.3, -0.25) is 0 Å². The average Bonchev–Trinajstić information content (AvgIpc) is 3.54. The minimum absolute atomic E-state index is 0.118. The average molecular weight is 563 g/mol. The number of thiophene rings is 1. The highest BCUT2D eigenvalue weighted by Gasteiger charge is 2.16. The molecule has 0 spiro atoms. The van der Waals surface area contributed by atoms with E-state index in [1.807, 2.05) is 91.0 Å². The number of hydrogen-bond donors (Lipinski definition) is 0. The van der Waals surface area contributed by atoms with E-state index in [1.165, 1.54) is 16.2 Å². The fourth-order valence-corrected chi connectivity index (χ4v) is 6.74. The summed E-state index contributed by atoms with van der Waals surface area (Å²) >= 11 is 1.51. The summed E-state index contributed by atoms with van der Waals surface area (Å²) in [5, 5.41) is 4.06. The molecule has 0 aliphatic rings. The van der Waals surface area contributed by atoms with E-state index in [-0.39, 0.29) is 29.0 Å². The summed E-state index contributed by atoms with van der Waals surface area (Å²) in [5.41, 5.74) is 2.40. The molecule has 0 aliphatic carbocycles. The second-order valence-corrected chi connectivity index (χ2v) is 10.9. The van der Waals surface area contributed by atoms with Crippen molar-refractivity contribution in [2.75, 3.05) is 4.90 Å². The third-order valence-corrected chi connectivity index (χ3v) is 8.67. The zero-order chi connectivity index (χ0) is 35.7. The molecule has 1 aromatic heterocycles. The summed E-state index contributed by atoms with van der Waals surface area (Å²) in [4.78, 5) is 1.31. The number of para-hydroxylation sites is 1. The van der Waals surface area contributed by atoms with Crippen LogP contribution in [0.15, 0.2) is 164 Å². The first-order valence-corrected chi connectivity index (χ1v) is 14.4. The molecule has 198 valence electrons. The zero-order valence-electron chi connectivity index (χ0n) is 31.2. The number of anilines is 3. The van der Waals surface area contributed by atoms with Gasteiger partial charge in [-0.1, -0.05) is 121 Å². The van der Waals surface area contributed by atoms with Crippen LogP contribution >= 0.6 is 11.3 Å². The first kappa shape index (κ1) is 16.9. The Bertz CT molecular complexity index is 2670. The van der Waals surface area contributed by atoms with Crippen molar-refractivity contribution in [1.82, 2.24) is 0 Å². The molecule has 0 fully saturated rings. The van der Waals surface area contributed by atoms with Crippen LogP contribution in [0.1, 0.15) is 12.3 Å². The minimum Gasteiger partial charge on any atom is -0.310 e. The number of benzene rings is 7. The molecule has 1 nitrogen and oxygen atoms in total. The Hall–Kier alpha value is -5.18. The van der Waals surface area contributed by atoms with Crippen molar-refractivity contribution in [3.05, 3.63) is 164 Å². The van der Waals surface area contributed by atoms with Gasteiger partial charge in [0.05, 0.1) is 12.3 Å². The molecule has 42 heavy (non-hydrogen) atoms. The Morgan fingerprint density at radius 1 is 0.476 bits per heavy atom. The van der Waals surface area contributed by atoms with Crippen LogP contribution in [-0.2, 0) is 0 Å². The van der Waals surface area contributed by atoms with Crippen molar-refractivity contribution in [3.8, 4) is 22.3 Å². The maximum Gasteiger partial charge on any atom is 0.0651 e. The van der Waals surface area contributed by atoms with Crippen LogP contribution in [0.25, 0.3) is 53.2 Å². The van der Waals surface area contributed by atoms with Gasteiger partial charge in [0.25, 0.3) is 0 Å². The maximum atomic E-state index is 9.65. The second-order valence-electron chi connectivity index (χ2n) is 9.89. The molecule has 7 aromatic carbocycles. The smallest absolute Gasteiger partial charge is 0.0651 e. The molecule has 0 atom stereocenters. The highest BCUT2D eigenvalue weighted by Crippen LogP contribution is 2.42. The lowest BCUT2D eigenvalue weighted by atomic mass is 9.98. The molecule has 0 radical (unpaired) electrons. The summed E-state index contributed by atoms with van der Waals surface area (Å²) in [6.45, 7) is 0. The number of rotatable bonds is 5. The zero-order valence-corrected chi connectivity index (χ0v) is 23.1. The Balaban J connectivity index is 1.41. The van der Waals surface area contributed by atoms with Gasteiger partial charge in [-0.05, 0) is 75.4 Å². The van der Waals surface area contributed by atoms with E-state index in [4.69, 9.17) is 11.0 Å². The number of nitrogens with zero attached hydrogens (tertiary/aromatic N) is 1. The van der Waals surface area contributed by atoms with Crippen molar-refractivity contribution < 1.29 is 12.3 Å². The molecule has 0 saturated heterocycles. The van der Waals surface area contributed by atoms with Gasteiger partial charge in [0.2, 0.25) is 0 Å². The van der Waals surface area contributed by atoms with Crippen LogP contribution in [-0.4, -0.2) is 0 Å². The lowest BCUT2D eigenvalue weighted by Crippen LogP contribution is -2.09. The van der Waals surface area contributed by atoms with E-state index in [0.29, 0.717) is 11.3 Å². The second kappa shape index (κ2) is 10.3. The van der Waals surface area contributed by atoms with Gasteiger partial charge in [0.1, 0.15) is 0 Å². The van der Waals surface area contributed by atoms with E-state index < -0.39 is 42.3 Å². The molecule has 1 heterocycles. The molecule has 0 saturated carbocycles. The lowest BCUT2D eigenvalue weighted by molar-refractivity contribution is 1.28. The summed E-state index contributed by atoms with van der Waals surface area (Å²) < 4.78 is 81.8. The summed E-state index contributed by atoms with van der Waals surface area (Å²) in [6, 6.07) is 30.5. The summed E-state index contributed by atoms with van der Waals surface area (Å²) in [7, 11) is 0. The minimum atomic E-state index is -0.572. The van der Waals surface area contributed by atoms with Crippen molar-refractivity contribution in [3.63, 3.8) is 0 Å². The first-order chi connectivity index (χ1) is 24.6. The van der Waals surface area contributed by atoms with Crippen molar-refractivity contribution in [1.29, 1.82) is 0 Å². The molecular formula is C40H27NS. The summed E-state index contributed by atoms with van der Waals surface area (Å²) in [5.74, 6) is 0. The molecular weight excluding hydrogens is 527 g/mol. The van der Waals surface area contributed by atoms with Gasteiger partial charge in [0, 0.05) is 37.2 Å². The highest BCUT2D eigenvalue weighted by molar-refractivity contribution is 7.26. The van der Waals surface area contributed by atoms with Crippen LogP contribution in [0.5, 0.6) is 0 Å². The number of fused-ring (bicyclic) bond motifs is 4. The van der Waals surface area contributed by atoms with Crippen LogP contribution in [0.2, 0.25) is 0 Å². The molecule has 0 N–H and O–H groups in total. The van der Waals surface area contributed by atoms with Crippen molar-refractivity contribution in [2.45, 2.75) is 0 Å². The van der Waals surface area contributed by atoms with Gasteiger partial charge in [0.15, 0.2) is 0 Å².